The van der Waals surface area contributed by atoms with Gasteiger partial charge in [0.2, 0.25) is 0 Å². The summed E-state index contributed by atoms with van der Waals surface area (Å²) >= 11 is 5.28. The van der Waals surface area contributed by atoms with E-state index in [1.54, 1.807) is 0 Å². The molecule has 0 fully saturated rings. The molecule has 20 heavy (non-hydrogen) atoms. The van der Waals surface area contributed by atoms with Crippen LogP contribution < -0.4 is 0 Å². The second-order valence-electron chi connectivity index (χ2n) is 4.72. The van der Waals surface area contributed by atoms with Gasteiger partial charge in [0.15, 0.2) is 0 Å². The van der Waals surface area contributed by atoms with Crippen molar-refractivity contribution < 1.29 is 0 Å². The zero-order valence-corrected chi connectivity index (χ0v) is 12.9. The van der Waals surface area contributed by atoms with Crippen LogP contribution in [0, 0.1) is 4.64 Å². The van der Waals surface area contributed by atoms with E-state index in [1.165, 1.54) is 0 Å². The number of nitrogens with zero attached hydrogens (tertiary/aromatic N) is 2. The fourth-order valence-electron chi connectivity index (χ4n) is 2.20. The summed E-state index contributed by atoms with van der Waals surface area (Å²) in [6.07, 6.45) is 0.895. The van der Waals surface area contributed by atoms with Crippen molar-refractivity contribution >= 4 is 12.2 Å². The summed E-state index contributed by atoms with van der Waals surface area (Å²) < 4.78 is 0.650. The van der Waals surface area contributed by atoms with Gasteiger partial charge in [0.1, 0.15) is 10.5 Å². The van der Waals surface area contributed by atoms with Crippen molar-refractivity contribution in [3.05, 3.63) is 46.9 Å². The van der Waals surface area contributed by atoms with Gasteiger partial charge in [-0.1, -0.05) is 56.4 Å². The van der Waals surface area contributed by atoms with E-state index in [-0.39, 0.29) is 0 Å². The van der Waals surface area contributed by atoms with Crippen LogP contribution >= 0.6 is 12.2 Å². The van der Waals surface area contributed by atoms with E-state index < -0.39 is 0 Å². The van der Waals surface area contributed by atoms with Crippen molar-refractivity contribution in [2.45, 2.75) is 20.3 Å². The van der Waals surface area contributed by atoms with E-state index >= 15 is 0 Å². The topological polar surface area (TPSA) is 31.9 Å². The monoisotopic (exact) mass is 287 g/mol. The summed E-state index contributed by atoms with van der Waals surface area (Å²) in [5, 5.41) is 0. The Labute approximate surface area is 125 Å². The van der Waals surface area contributed by atoms with E-state index in [0.29, 0.717) is 4.64 Å². The van der Waals surface area contributed by atoms with Crippen molar-refractivity contribution in [1.29, 1.82) is 0 Å². The van der Waals surface area contributed by atoms with Gasteiger partial charge in [-0.05, 0) is 24.7 Å². The van der Waals surface area contributed by atoms with Gasteiger partial charge in [-0.15, -0.1) is 0 Å². The number of rotatable bonds is 6. The zero-order chi connectivity index (χ0) is 14.4. The highest BCUT2D eigenvalue weighted by molar-refractivity contribution is 7.71. The Kier molecular flexibility index (Phi) is 5.44. The molecule has 3 nitrogen and oxygen atoms in total. The molecule has 0 saturated carbocycles. The Balaban J connectivity index is 2.19. The SMILES string of the molecule is CCN(CC)CCc1nc(=S)cc(-c2ccccc2)[nH]1. The molecule has 0 bridgehead atoms. The molecule has 0 aliphatic carbocycles. The van der Waals surface area contributed by atoms with Crippen molar-refractivity contribution in [3.8, 4) is 11.3 Å². The molecule has 1 N–H and O–H groups in total. The van der Waals surface area contributed by atoms with Gasteiger partial charge >= 0.3 is 0 Å². The lowest BCUT2D eigenvalue weighted by molar-refractivity contribution is 0.305. The maximum Gasteiger partial charge on any atom is 0.130 e. The summed E-state index contributed by atoms with van der Waals surface area (Å²) in [6, 6.07) is 12.2. The van der Waals surface area contributed by atoms with Crippen molar-refractivity contribution in [1.82, 2.24) is 14.9 Å². The summed E-state index contributed by atoms with van der Waals surface area (Å²) in [7, 11) is 0. The summed E-state index contributed by atoms with van der Waals surface area (Å²) in [4.78, 5) is 10.2. The average molecular weight is 287 g/mol. The van der Waals surface area contributed by atoms with E-state index in [0.717, 1.165) is 43.1 Å². The minimum Gasteiger partial charge on any atom is -0.343 e. The number of aromatic amines is 1. The zero-order valence-electron chi connectivity index (χ0n) is 12.1. The molecule has 0 amide bonds. The molecule has 1 aromatic carbocycles. The normalized spacial score (nSPS) is 10.9. The van der Waals surface area contributed by atoms with E-state index in [4.69, 9.17) is 12.2 Å². The minimum absolute atomic E-state index is 0.650. The van der Waals surface area contributed by atoms with Gasteiger partial charge in [0, 0.05) is 18.7 Å². The standard InChI is InChI=1S/C16H21N3S/c1-3-19(4-2)11-10-15-17-14(12-16(20)18-15)13-8-6-5-7-9-13/h5-9,12H,3-4,10-11H2,1-2H3,(H,17,18,20). The number of aromatic nitrogens is 2. The lowest BCUT2D eigenvalue weighted by Crippen LogP contribution is -2.25. The Bertz CT molecular complexity index is 588. The number of H-pyrrole nitrogens is 1. The van der Waals surface area contributed by atoms with Crippen LogP contribution in [0.15, 0.2) is 36.4 Å². The molecular weight excluding hydrogens is 266 g/mol. The van der Waals surface area contributed by atoms with Crippen LogP contribution in [-0.2, 0) is 6.42 Å². The third kappa shape index (κ3) is 3.99. The second kappa shape index (κ2) is 7.31. The number of hydrogen-bond acceptors (Lipinski definition) is 3. The van der Waals surface area contributed by atoms with Gasteiger partial charge < -0.3 is 9.88 Å². The molecule has 0 saturated heterocycles. The molecule has 106 valence electrons. The highest BCUT2D eigenvalue weighted by atomic mass is 32.1. The number of nitrogens with one attached hydrogen (secondary N) is 1. The van der Waals surface area contributed by atoms with Crippen LogP contribution in [0.3, 0.4) is 0 Å². The first kappa shape index (κ1) is 14.9. The van der Waals surface area contributed by atoms with Crippen LogP contribution in [-0.4, -0.2) is 34.5 Å². The quantitative estimate of drug-likeness (QED) is 0.822. The fraction of sp³-hybridized carbons (Fsp3) is 0.375. The Morgan fingerprint density at radius 2 is 1.85 bits per heavy atom. The molecule has 4 heteroatoms. The van der Waals surface area contributed by atoms with Gasteiger partial charge in [-0.3, -0.25) is 0 Å². The van der Waals surface area contributed by atoms with Crippen LogP contribution in [0.25, 0.3) is 11.3 Å². The predicted molar refractivity (Wildman–Crippen MR) is 86.3 cm³/mol. The molecule has 0 unspecified atom stereocenters. The summed E-state index contributed by atoms with van der Waals surface area (Å²) in [5.74, 6) is 0.961. The van der Waals surface area contributed by atoms with Gasteiger partial charge in [0.05, 0.1) is 0 Å². The Morgan fingerprint density at radius 3 is 2.50 bits per heavy atom. The largest absolute Gasteiger partial charge is 0.343 e. The van der Waals surface area contributed by atoms with E-state index in [2.05, 4.69) is 40.8 Å². The van der Waals surface area contributed by atoms with Gasteiger partial charge in [-0.2, -0.15) is 0 Å². The molecular formula is C16H21N3S. The van der Waals surface area contributed by atoms with Crippen LogP contribution in [0.2, 0.25) is 0 Å². The lowest BCUT2D eigenvalue weighted by Gasteiger charge is -2.17. The smallest absolute Gasteiger partial charge is 0.130 e. The summed E-state index contributed by atoms with van der Waals surface area (Å²) in [5.41, 5.74) is 2.19. The lowest BCUT2D eigenvalue weighted by atomic mass is 10.1. The third-order valence-electron chi connectivity index (χ3n) is 3.44. The molecule has 1 heterocycles. The fourth-order valence-corrected chi connectivity index (χ4v) is 2.43. The molecule has 2 aromatic rings. The van der Waals surface area contributed by atoms with Crippen molar-refractivity contribution in [2.24, 2.45) is 0 Å². The number of hydrogen-bond donors (Lipinski definition) is 1. The molecule has 0 spiro atoms. The Hall–Kier alpha value is -1.52. The van der Waals surface area contributed by atoms with Gasteiger partial charge in [-0.25, -0.2) is 4.98 Å². The summed E-state index contributed by atoms with van der Waals surface area (Å²) in [6.45, 7) is 7.49. The van der Waals surface area contributed by atoms with E-state index in [9.17, 15) is 0 Å². The third-order valence-corrected chi connectivity index (χ3v) is 3.65. The Morgan fingerprint density at radius 1 is 1.15 bits per heavy atom. The van der Waals surface area contributed by atoms with Gasteiger partial charge in [0.25, 0.3) is 0 Å². The maximum absolute atomic E-state index is 5.28. The van der Waals surface area contributed by atoms with Crippen molar-refractivity contribution in [3.63, 3.8) is 0 Å². The number of benzene rings is 1. The highest BCUT2D eigenvalue weighted by Crippen LogP contribution is 2.16. The molecule has 2 rings (SSSR count). The molecule has 1 aromatic heterocycles. The minimum atomic E-state index is 0.650. The van der Waals surface area contributed by atoms with E-state index in [1.807, 2.05) is 24.3 Å². The molecule has 0 radical (unpaired) electrons. The van der Waals surface area contributed by atoms with Crippen molar-refractivity contribution in [2.75, 3.05) is 19.6 Å². The first-order valence-electron chi connectivity index (χ1n) is 7.11. The molecule has 0 aliphatic rings. The second-order valence-corrected chi connectivity index (χ2v) is 5.14. The maximum atomic E-state index is 5.28. The first-order chi connectivity index (χ1) is 9.72. The average Bonchev–Trinajstić information content (AvgIpc) is 2.49. The number of likely N-dealkylation sites (N-methyl/N-ethyl adjacent to an activating group) is 1. The molecule has 0 aliphatic heterocycles. The first-order valence-corrected chi connectivity index (χ1v) is 7.51. The van der Waals surface area contributed by atoms with Crippen LogP contribution in [0.5, 0.6) is 0 Å². The predicted octanol–water partition coefficient (Wildman–Crippen LogP) is 3.69. The highest BCUT2D eigenvalue weighted by Gasteiger charge is 2.04. The molecule has 0 atom stereocenters. The van der Waals surface area contributed by atoms with Crippen LogP contribution in [0.1, 0.15) is 19.7 Å². The van der Waals surface area contributed by atoms with Crippen LogP contribution in [0.4, 0.5) is 0 Å².